The lowest BCUT2D eigenvalue weighted by atomic mass is 10.1. The summed E-state index contributed by atoms with van der Waals surface area (Å²) in [6.07, 6.45) is 3.07. The Labute approximate surface area is 123 Å². The van der Waals surface area contributed by atoms with Gasteiger partial charge in [-0.05, 0) is 48.7 Å². The molecule has 2 N–H and O–H groups in total. The van der Waals surface area contributed by atoms with Crippen LogP contribution in [0.3, 0.4) is 0 Å². The number of fused-ring (bicyclic) bond motifs is 2. The van der Waals surface area contributed by atoms with E-state index in [1.807, 2.05) is 16.7 Å². The molecule has 2 aromatic heterocycles. The summed E-state index contributed by atoms with van der Waals surface area (Å²) < 4.78 is 1.95. The van der Waals surface area contributed by atoms with Gasteiger partial charge >= 0.3 is 0 Å². The van der Waals surface area contributed by atoms with Crippen molar-refractivity contribution in [3.63, 3.8) is 0 Å². The summed E-state index contributed by atoms with van der Waals surface area (Å²) in [4.78, 5) is 7.00. The van der Waals surface area contributed by atoms with Crippen LogP contribution in [0.2, 0.25) is 0 Å². The molecule has 4 nitrogen and oxygen atoms in total. The van der Waals surface area contributed by atoms with Crippen LogP contribution in [-0.4, -0.2) is 23.0 Å². The minimum absolute atomic E-state index is 0.705. The highest BCUT2D eigenvalue weighted by Gasteiger charge is 2.18. The fourth-order valence-electron chi connectivity index (χ4n) is 3.09. The normalized spacial score (nSPS) is 13.9. The molecule has 106 valence electrons. The van der Waals surface area contributed by atoms with Gasteiger partial charge in [-0.15, -0.1) is 0 Å². The highest BCUT2D eigenvalue weighted by molar-refractivity contribution is 5.77. The van der Waals surface area contributed by atoms with Crippen LogP contribution in [0.1, 0.15) is 11.1 Å². The van der Waals surface area contributed by atoms with Crippen molar-refractivity contribution in [2.75, 3.05) is 24.2 Å². The first kappa shape index (κ1) is 12.3. The zero-order valence-electron chi connectivity index (χ0n) is 12.3. The molecule has 0 bridgehead atoms. The van der Waals surface area contributed by atoms with Gasteiger partial charge in [-0.3, -0.25) is 4.40 Å². The lowest BCUT2D eigenvalue weighted by Crippen LogP contribution is -2.12. The highest BCUT2D eigenvalue weighted by Crippen LogP contribution is 2.33. The highest BCUT2D eigenvalue weighted by atomic mass is 15.1. The molecule has 3 heterocycles. The van der Waals surface area contributed by atoms with Gasteiger partial charge < -0.3 is 10.6 Å². The summed E-state index contributed by atoms with van der Waals surface area (Å²) in [5, 5.41) is 0. The predicted molar refractivity (Wildman–Crippen MR) is 86.8 cm³/mol. The van der Waals surface area contributed by atoms with Gasteiger partial charge in [0.15, 0.2) is 0 Å². The van der Waals surface area contributed by atoms with E-state index in [4.69, 9.17) is 10.7 Å². The molecule has 0 fully saturated rings. The van der Waals surface area contributed by atoms with E-state index in [2.05, 4.69) is 43.1 Å². The maximum Gasteiger partial charge on any atom is 0.139 e. The molecule has 0 radical (unpaired) electrons. The third-order valence-electron chi connectivity index (χ3n) is 4.30. The van der Waals surface area contributed by atoms with Crippen LogP contribution in [-0.2, 0) is 6.42 Å². The third kappa shape index (κ3) is 1.79. The minimum atomic E-state index is 0.705. The van der Waals surface area contributed by atoms with E-state index in [0.717, 1.165) is 29.9 Å². The smallest absolute Gasteiger partial charge is 0.139 e. The number of rotatable bonds is 1. The molecule has 3 aromatic rings. The van der Waals surface area contributed by atoms with Gasteiger partial charge in [0, 0.05) is 31.0 Å². The number of hydrogen-bond acceptors (Lipinski definition) is 3. The SMILES string of the molecule is Cc1ccn2c(N)c(-c3ccc4c(c3)CCN4C)nc2c1. The molecule has 1 aliphatic rings. The molecule has 21 heavy (non-hydrogen) atoms. The van der Waals surface area contributed by atoms with Gasteiger partial charge in [-0.2, -0.15) is 0 Å². The van der Waals surface area contributed by atoms with E-state index in [1.54, 1.807) is 0 Å². The molecule has 0 aliphatic carbocycles. The summed E-state index contributed by atoms with van der Waals surface area (Å²) in [6, 6.07) is 10.6. The van der Waals surface area contributed by atoms with Gasteiger partial charge in [-0.1, -0.05) is 6.07 Å². The van der Waals surface area contributed by atoms with Crippen molar-refractivity contribution in [2.45, 2.75) is 13.3 Å². The van der Waals surface area contributed by atoms with E-state index < -0.39 is 0 Å². The molecule has 4 rings (SSSR count). The van der Waals surface area contributed by atoms with Gasteiger partial charge in [0.25, 0.3) is 0 Å². The van der Waals surface area contributed by atoms with E-state index in [0.29, 0.717) is 5.82 Å². The fourth-order valence-corrected chi connectivity index (χ4v) is 3.09. The van der Waals surface area contributed by atoms with Crippen molar-refractivity contribution in [1.82, 2.24) is 9.38 Å². The zero-order valence-corrected chi connectivity index (χ0v) is 12.3. The number of nitrogens with two attached hydrogens (primary N) is 1. The quantitative estimate of drug-likeness (QED) is 0.744. The number of aryl methyl sites for hydroxylation is 1. The number of pyridine rings is 1. The Morgan fingerprint density at radius 3 is 2.90 bits per heavy atom. The first-order chi connectivity index (χ1) is 10.1. The van der Waals surface area contributed by atoms with Crippen molar-refractivity contribution >= 4 is 17.2 Å². The Bertz CT molecular complexity index is 847. The van der Waals surface area contributed by atoms with Crippen LogP contribution in [0.25, 0.3) is 16.9 Å². The van der Waals surface area contributed by atoms with Crippen LogP contribution < -0.4 is 10.6 Å². The summed E-state index contributed by atoms with van der Waals surface area (Å²) in [6.45, 7) is 3.15. The molecule has 1 aromatic carbocycles. The van der Waals surface area contributed by atoms with Crippen LogP contribution in [0.15, 0.2) is 36.5 Å². The van der Waals surface area contributed by atoms with E-state index in [9.17, 15) is 0 Å². The number of hydrogen-bond donors (Lipinski definition) is 1. The molecule has 4 heteroatoms. The lowest BCUT2D eigenvalue weighted by molar-refractivity contribution is 0.956. The Hall–Kier alpha value is -2.49. The number of benzene rings is 1. The second-order valence-corrected chi connectivity index (χ2v) is 5.79. The Morgan fingerprint density at radius 2 is 2.05 bits per heavy atom. The van der Waals surface area contributed by atoms with Crippen LogP contribution in [0.5, 0.6) is 0 Å². The second-order valence-electron chi connectivity index (χ2n) is 5.79. The Balaban J connectivity index is 1.89. The maximum absolute atomic E-state index is 6.28. The van der Waals surface area contributed by atoms with Crippen LogP contribution >= 0.6 is 0 Å². The molecular weight excluding hydrogens is 260 g/mol. The molecule has 0 spiro atoms. The average molecular weight is 278 g/mol. The number of nitrogen functional groups attached to an aromatic ring is 1. The molecule has 0 saturated carbocycles. The van der Waals surface area contributed by atoms with E-state index in [1.165, 1.54) is 16.8 Å². The monoisotopic (exact) mass is 278 g/mol. The van der Waals surface area contributed by atoms with Crippen molar-refractivity contribution in [3.05, 3.63) is 47.7 Å². The number of anilines is 2. The largest absolute Gasteiger partial charge is 0.383 e. The van der Waals surface area contributed by atoms with Crippen molar-refractivity contribution in [1.29, 1.82) is 0 Å². The summed E-state index contributed by atoms with van der Waals surface area (Å²) in [5.74, 6) is 0.705. The standard InChI is InChI=1S/C17H18N4/c1-11-5-8-21-15(9-11)19-16(17(21)18)13-3-4-14-12(10-13)6-7-20(14)2/h3-5,8-10H,6-7,18H2,1-2H3. The van der Waals surface area contributed by atoms with Crippen molar-refractivity contribution in [2.24, 2.45) is 0 Å². The number of imidazole rings is 1. The Kier molecular flexibility index (Phi) is 2.48. The van der Waals surface area contributed by atoms with E-state index >= 15 is 0 Å². The molecule has 0 unspecified atom stereocenters. The molecule has 0 atom stereocenters. The third-order valence-corrected chi connectivity index (χ3v) is 4.30. The maximum atomic E-state index is 6.28. The minimum Gasteiger partial charge on any atom is -0.383 e. The number of likely N-dealkylation sites (N-methyl/N-ethyl adjacent to an activating group) is 1. The van der Waals surface area contributed by atoms with Crippen LogP contribution in [0, 0.1) is 6.92 Å². The summed E-state index contributed by atoms with van der Waals surface area (Å²) in [7, 11) is 2.13. The molecular formula is C17H18N4. The number of nitrogens with zero attached hydrogens (tertiary/aromatic N) is 3. The van der Waals surface area contributed by atoms with Gasteiger partial charge in [0.05, 0.1) is 0 Å². The first-order valence-corrected chi connectivity index (χ1v) is 7.22. The molecule has 0 amide bonds. The second kappa shape index (κ2) is 4.25. The summed E-state index contributed by atoms with van der Waals surface area (Å²) >= 11 is 0. The topological polar surface area (TPSA) is 46.6 Å². The van der Waals surface area contributed by atoms with Crippen molar-refractivity contribution < 1.29 is 0 Å². The molecule has 1 aliphatic heterocycles. The van der Waals surface area contributed by atoms with E-state index in [-0.39, 0.29) is 0 Å². The van der Waals surface area contributed by atoms with Crippen molar-refractivity contribution in [3.8, 4) is 11.3 Å². The molecule has 0 saturated heterocycles. The average Bonchev–Trinajstić information content (AvgIpc) is 3.00. The predicted octanol–water partition coefficient (Wildman–Crippen LogP) is 2.88. The first-order valence-electron chi connectivity index (χ1n) is 7.22. The fraction of sp³-hybridized carbons (Fsp3) is 0.235. The van der Waals surface area contributed by atoms with Gasteiger partial charge in [-0.25, -0.2) is 4.98 Å². The number of aromatic nitrogens is 2. The summed E-state index contributed by atoms with van der Waals surface area (Å²) in [5.41, 5.74) is 13.0. The van der Waals surface area contributed by atoms with Gasteiger partial charge in [0.2, 0.25) is 0 Å². The van der Waals surface area contributed by atoms with Gasteiger partial charge in [0.1, 0.15) is 17.2 Å². The Morgan fingerprint density at radius 1 is 1.19 bits per heavy atom. The lowest BCUT2D eigenvalue weighted by Gasteiger charge is -2.11. The van der Waals surface area contributed by atoms with Crippen LogP contribution in [0.4, 0.5) is 11.5 Å². The zero-order chi connectivity index (χ0) is 14.6.